The molecule has 0 aromatic heterocycles. The minimum Gasteiger partial charge on any atom is -0.354 e. The van der Waals surface area contributed by atoms with E-state index in [4.69, 9.17) is 23.2 Å². The Balaban J connectivity index is 2.35. The van der Waals surface area contributed by atoms with Gasteiger partial charge in [-0.25, -0.2) is 8.42 Å². The zero-order chi connectivity index (χ0) is 24.6. The van der Waals surface area contributed by atoms with Crippen molar-refractivity contribution in [1.29, 1.82) is 0 Å². The molecule has 180 valence electrons. The van der Waals surface area contributed by atoms with Crippen LogP contribution in [-0.4, -0.2) is 50.5 Å². The van der Waals surface area contributed by atoms with Gasteiger partial charge >= 0.3 is 0 Å². The smallest absolute Gasteiger partial charge is 0.244 e. The van der Waals surface area contributed by atoms with Gasteiger partial charge in [-0.1, -0.05) is 66.9 Å². The molecule has 0 heterocycles. The van der Waals surface area contributed by atoms with Crippen molar-refractivity contribution < 1.29 is 18.0 Å². The van der Waals surface area contributed by atoms with Crippen LogP contribution < -0.4 is 9.62 Å². The highest BCUT2D eigenvalue weighted by molar-refractivity contribution is 7.92. The monoisotopic (exact) mass is 513 g/mol. The number of carbonyl (C=O) groups excluding carboxylic acids is 2. The normalized spacial score (nSPS) is 12.2. The van der Waals surface area contributed by atoms with Crippen LogP contribution in [0.4, 0.5) is 5.69 Å². The van der Waals surface area contributed by atoms with Crippen LogP contribution in [0.3, 0.4) is 0 Å². The molecule has 0 radical (unpaired) electrons. The van der Waals surface area contributed by atoms with Gasteiger partial charge in [0.25, 0.3) is 0 Å². The van der Waals surface area contributed by atoms with Gasteiger partial charge in [0.2, 0.25) is 21.8 Å². The molecular formula is C23H29Cl2N3O4S. The van der Waals surface area contributed by atoms with Crippen LogP contribution in [0.15, 0.2) is 48.5 Å². The number of nitrogens with one attached hydrogen (secondary N) is 1. The number of sulfonamides is 1. The Hall–Kier alpha value is -2.29. The summed E-state index contributed by atoms with van der Waals surface area (Å²) in [6.07, 6.45) is 2.74. The average molecular weight is 514 g/mol. The van der Waals surface area contributed by atoms with Crippen molar-refractivity contribution in [2.24, 2.45) is 0 Å². The summed E-state index contributed by atoms with van der Waals surface area (Å²) in [7, 11) is -3.85. The van der Waals surface area contributed by atoms with E-state index in [0.29, 0.717) is 6.54 Å². The maximum atomic E-state index is 13.4. The van der Waals surface area contributed by atoms with Crippen LogP contribution in [0.2, 0.25) is 10.0 Å². The van der Waals surface area contributed by atoms with E-state index in [9.17, 15) is 18.0 Å². The van der Waals surface area contributed by atoms with E-state index in [1.807, 2.05) is 37.3 Å². The van der Waals surface area contributed by atoms with Gasteiger partial charge < -0.3 is 10.2 Å². The molecule has 2 rings (SSSR count). The van der Waals surface area contributed by atoms with Gasteiger partial charge in [0.15, 0.2) is 0 Å². The van der Waals surface area contributed by atoms with E-state index in [1.54, 1.807) is 6.92 Å². The highest BCUT2D eigenvalue weighted by Crippen LogP contribution is 2.27. The second kappa shape index (κ2) is 12.3. The summed E-state index contributed by atoms with van der Waals surface area (Å²) in [5.41, 5.74) is 0.985. The Morgan fingerprint density at radius 3 is 2.21 bits per heavy atom. The van der Waals surface area contributed by atoms with Crippen LogP contribution in [0.25, 0.3) is 0 Å². The number of anilines is 1. The molecule has 1 N–H and O–H groups in total. The SMILES string of the molecule is CCCCNC(=O)C(C)N(Cc1ccccc1)C(=O)CN(c1cc(Cl)cc(Cl)c1)S(C)(=O)=O. The molecule has 2 aromatic rings. The van der Waals surface area contributed by atoms with E-state index < -0.39 is 28.5 Å². The number of unbranched alkanes of at least 4 members (excludes halogenated alkanes) is 1. The van der Waals surface area contributed by atoms with Gasteiger partial charge in [0.05, 0.1) is 11.9 Å². The highest BCUT2D eigenvalue weighted by Gasteiger charge is 2.30. The molecular weight excluding hydrogens is 485 g/mol. The van der Waals surface area contributed by atoms with Crippen molar-refractivity contribution in [2.45, 2.75) is 39.3 Å². The molecule has 7 nitrogen and oxygen atoms in total. The van der Waals surface area contributed by atoms with E-state index in [1.165, 1.54) is 23.1 Å². The van der Waals surface area contributed by atoms with Gasteiger partial charge in [0.1, 0.15) is 12.6 Å². The van der Waals surface area contributed by atoms with Crippen molar-refractivity contribution in [3.05, 3.63) is 64.1 Å². The molecule has 0 aliphatic heterocycles. The number of amides is 2. The van der Waals surface area contributed by atoms with Crippen molar-refractivity contribution >= 4 is 50.7 Å². The standard InChI is InChI=1S/C23H29Cl2N3O4S/c1-4-5-11-26-23(30)17(2)27(15-18-9-7-6-8-10-18)22(29)16-28(33(3,31)32)21-13-19(24)12-20(25)14-21/h6-10,12-14,17H,4-5,11,15-16H2,1-3H3,(H,26,30). The minimum atomic E-state index is -3.85. The summed E-state index contributed by atoms with van der Waals surface area (Å²) in [4.78, 5) is 27.5. The van der Waals surface area contributed by atoms with Crippen LogP contribution in [0.5, 0.6) is 0 Å². The number of hydrogen-bond acceptors (Lipinski definition) is 4. The number of nitrogens with zero attached hydrogens (tertiary/aromatic N) is 2. The molecule has 0 saturated heterocycles. The maximum Gasteiger partial charge on any atom is 0.244 e. The third-order valence-electron chi connectivity index (χ3n) is 5.01. The lowest BCUT2D eigenvalue weighted by Gasteiger charge is -2.31. The van der Waals surface area contributed by atoms with Gasteiger partial charge in [-0.3, -0.25) is 13.9 Å². The minimum absolute atomic E-state index is 0.149. The summed E-state index contributed by atoms with van der Waals surface area (Å²) < 4.78 is 26.0. The summed E-state index contributed by atoms with van der Waals surface area (Å²) in [6, 6.07) is 12.7. The molecule has 1 unspecified atom stereocenters. The van der Waals surface area contributed by atoms with E-state index in [2.05, 4.69) is 5.32 Å². The summed E-state index contributed by atoms with van der Waals surface area (Å²) in [5.74, 6) is -0.831. The topological polar surface area (TPSA) is 86.8 Å². The molecule has 0 bridgehead atoms. The van der Waals surface area contributed by atoms with Gasteiger partial charge in [-0.2, -0.15) is 0 Å². The van der Waals surface area contributed by atoms with Gasteiger partial charge in [0, 0.05) is 23.1 Å². The van der Waals surface area contributed by atoms with Crippen LogP contribution in [-0.2, 0) is 26.2 Å². The zero-order valence-corrected chi connectivity index (χ0v) is 21.3. The molecule has 0 saturated carbocycles. The summed E-state index contributed by atoms with van der Waals surface area (Å²) in [6.45, 7) is 3.79. The van der Waals surface area contributed by atoms with Crippen molar-refractivity contribution in [2.75, 3.05) is 23.7 Å². The maximum absolute atomic E-state index is 13.4. The molecule has 0 aliphatic carbocycles. The Morgan fingerprint density at radius 2 is 1.67 bits per heavy atom. The van der Waals surface area contributed by atoms with Crippen molar-refractivity contribution in [3.8, 4) is 0 Å². The quantitative estimate of drug-likeness (QED) is 0.458. The zero-order valence-electron chi connectivity index (χ0n) is 18.9. The number of benzene rings is 2. The first kappa shape index (κ1) is 27.0. The van der Waals surface area contributed by atoms with E-state index >= 15 is 0 Å². The number of hydrogen-bond donors (Lipinski definition) is 1. The lowest BCUT2D eigenvalue weighted by molar-refractivity contribution is -0.139. The van der Waals surface area contributed by atoms with Crippen molar-refractivity contribution in [1.82, 2.24) is 10.2 Å². The fourth-order valence-corrected chi connectivity index (χ4v) is 4.54. The van der Waals surface area contributed by atoms with Crippen LogP contribution >= 0.6 is 23.2 Å². The second-order valence-electron chi connectivity index (χ2n) is 7.73. The lowest BCUT2D eigenvalue weighted by Crippen LogP contribution is -2.51. The van der Waals surface area contributed by atoms with Crippen LogP contribution in [0, 0.1) is 0 Å². The third kappa shape index (κ3) is 8.21. The Labute approximate surface area is 205 Å². The molecule has 10 heteroatoms. The van der Waals surface area contributed by atoms with E-state index in [-0.39, 0.29) is 28.2 Å². The molecule has 33 heavy (non-hydrogen) atoms. The first-order valence-electron chi connectivity index (χ1n) is 10.6. The fourth-order valence-electron chi connectivity index (χ4n) is 3.20. The molecule has 0 fully saturated rings. The second-order valence-corrected chi connectivity index (χ2v) is 10.5. The largest absolute Gasteiger partial charge is 0.354 e. The molecule has 0 aliphatic rings. The first-order valence-corrected chi connectivity index (χ1v) is 13.2. The summed E-state index contributed by atoms with van der Waals surface area (Å²) in [5, 5.41) is 3.31. The van der Waals surface area contributed by atoms with Gasteiger partial charge in [-0.05, 0) is 37.1 Å². The Bertz CT molecular complexity index is 1040. The predicted molar refractivity (Wildman–Crippen MR) is 133 cm³/mol. The van der Waals surface area contributed by atoms with Crippen LogP contribution in [0.1, 0.15) is 32.3 Å². The molecule has 2 amide bonds. The fraction of sp³-hybridized carbons (Fsp3) is 0.391. The predicted octanol–water partition coefficient (Wildman–Crippen LogP) is 4.09. The number of carbonyl (C=O) groups is 2. The first-order chi connectivity index (χ1) is 15.5. The van der Waals surface area contributed by atoms with Gasteiger partial charge in [-0.15, -0.1) is 0 Å². The number of rotatable bonds is 11. The Kier molecular flexibility index (Phi) is 10.0. The Morgan fingerprint density at radius 1 is 1.06 bits per heavy atom. The highest BCUT2D eigenvalue weighted by atomic mass is 35.5. The number of halogens is 2. The molecule has 2 aromatic carbocycles. The third-order valence-corrected chi connectivity index (χ3v) is 6.58. The molecule has 1 atom stereocenters. The lowest BCUT2D eigenvalue weighted by atomic mass is 10.1. The molecule has 0 spiro atoms. The van der Waals surface area contributed by atoms with Crippen molar-refractivity contribution in [3.63, 3.8) is 0 Å². The van der Waals surface area contributed by atoms with E-state index in [0.717, 1.165) is 29.0 Å². The summed E-state index contributed by atoms with van der Waals surface area (Å²) >= 11 is 12.1. The average Bonchev–Trinajstić information content (AvgIpc) is 2.74.